The fourth-order valence-corrected chi connectivity index (χ4v) is 12.6. The zero-order valence-electron chi connectivity index (χ0n) is 31.4. The second-order valence-corrected chi connectivity index (χ2v) is 17.2. The maximum atomic E-state index is 2.39. The highest BCUT2D eigenvalue weighted by Crippen LogP contribution is 2.79. The Morgan fingerprint density at radius 1 is 0.263 bits per heavy atom. The molecule has 1 aliphatic rings. The van der Waals surface area contributed by atoms with Crippen molar-refractivity contribution in [3.8, 4) is 22.3 Å². The summed E-state index contributed by atoms with van der Waals surface area (Å²) in [4.78, 5) is 10.2. The van der Waals surface area contributed by atoms with E-state index in [0.29, 0.717) is 0 Å². The normalized spacial score (nSPS) is 12.9. The molecule has 0 amide bonds. The third-order valence-electron chi connectivity index (χ3n) is 10.9. The molecule has 0 N–H and O–H groups in total. The van der Waals surface area contributed by atoms with Crippen LogP contribution in [0.15, 0.2) is 262 Å². The van der Waals surface area contributed by atoms with Gasteiger partial charge in [0.2, 0.25) is 0 Å². The van der Waals surface area contributed by atoms with Crippen molar-refractivity contribution in [2.45, 2.75) is 19.6 Å². The quantitative estimate of drug-likeness (QED) is 0.145. The molecule has 0 radical (unpaired) electrons. The van der Waals surface area contributed by atoms with Gasteiger partial charge in [0.15, 0.2) is 0 Å². The highest BCUT2D eigenvalue weighted by molar-refractivity contribution is 8.34. The molecule has 1 aliphatic heterocycles. The van der Waals surface area contributed by atoms with Crippen LogP contribution in [0.1, 0.15) is 0 Å². The van der Waals surface area contributed by atoms with Gasteiger partial charge < -0.3 is 9.80 Å². The lowest BCUT2D eigenvalue weighted by molar-refractivity contribution is 1.25. The molecule has 9 aromatic carbocycles. The molecule has 9 aromatic rings. The first-order valence-electron chi connectivity index (χ1n) is 19.4. The van der Waals surface area contributed by atoms with Gasteiger partial charge in [0.25, 0.3) is 0 Å². The molecule has 1 heterocycles. The monoisotopic (exact) mass is 748 g/mol. The SMILES string of the molecule is c1ccc(N(c2ccccc2)c2ccc(-c3ccc(S4(c5ccccc5)c5ccccc5-c5ccccc54)cc3)c(N(c3ccccc3)c3ccccc3)c2)cc1. The van der Waals surface area contributed by atoms with Crippen molar-refractivity contribution in [1.29, 1.82) is 0 Å². The summed E-state index contributed by atoms with van der Waals surface area (Å²) in [5.74, 6) is 0. The first-order chi connectivity index (χ1) is 28.3. The van der Waals surface area contributed by atoms with Crippen molar-refractivity contribution in [3.05, 3.63) is 243 Å². The fourth-order valence-electron chi connectivity index (χ4n) is 8.41. The Morgan fingerprint density at radius 3 is 1.12 bits per heavy atom. The number of hydrogen-bond acceptors (Lipinski definition) is 2. The lowest BCUT2D eigenvalue weighted by Gasteiger charge is -2.39. The molecule has 0 atom stereocenters. The molecule has 0 aromatic heterocycles. The van der Waals surface area contributed by atoms with Gasteiger partial charge in [-0.25, -0.2) is 0 Å². The summed E-state index contributed by atoms with van der Waals surface area (Å²) in [6.07, 6.45) is 0. The molecule has 0 saturated heterocycles. The average Bonchev–Trinajstić information content (AvgIpc) is 3.60. The highest BCUT2D eigenvalue weighted by Gasteiger charge is 2.41. The highest BCUT2D eigenvalue weighted by atomic mass is 32.3. The zero-order valence-corrected chi connectivity index (χ0v) is 32.2. The minimum atomic E-state index is -1.74. The molecule has 0 spiro atoms. The summed E-state index contributed by atoms with van der Waals surface area (Å²) >= 11 is 0. The van der Waals surface area contributed by atoms with E-state index in [1.165, 1.54) is 30.7 Å². The molecule has 0 bridgehead atoms. The number of para-hydroxylation sites is 4. The van der Waals surface area contributed by atoms with Crippen LogP contribution in [0.5, 0.6) is 0 Å². The van der Waals surface area contributed by atoms with E-state index in [0.717, 1.165) is 45.3 Å². The second-order valence-electron chi connectivity index (χ2n) is 14.2. The molecule has 0 aliphatic carbocycles. The zero-order chi connectivity index (χ0) is 38.0. The Morgan fingerprint density at radius 2 is 0.649 bits per heavy atom. The number of nitrogens with zero attached hydrogens (tertiary/aromatic N) is 2. The summed E-state index contributed by atoms with van der Waals surface area (Å²) in [6.45, 7) is 0. The van der Waals surface area contributed by atoms with E-state index in [1.54, 1.807) is 0 Å². The van der Waals surface area contributed by atoms with Crippen LogP contribution in [0.3, 0.4) is 0 Å². The summed E-state index contributed by atoms with van der Waals surface area (Å²) in [5.41, 5.74) is 11.5. The molecule has 0 saturated carbocycles. The molecule has 57 heavy (non-hydrogen) atoms. The van der Waals surface area contributed by atoms with E-state index in [1.807, 2.05) is 0 Å². The molecular formula is C54H40N2S. The van der Waals surface area contributed by atoms with Gasteiger partial charge in [0, 0.05) is 53.6 Å². The first-order valence-corrected chi connectivity index (χ1v) is 21.1. The summed E-state index contributed by atoms with van der Waals surface area (Å²) in [5, 5.41) is 0. The van der Waals surface area contributed by atoms with Crippen LogP contribution in [0, 0.1) is 0 Å². The Hall–Kier alpha value is -7.07. The maximum Gasteiger partial charge on any atom is 0.0560 e. The third kappa shape index (κ3) is 6.01. The van der Waals surface area contributed by atoms with E-state index in [9.17, 15) is 0 Å². The Labute approximate surface area is 336 Å². The van der Waals surface area contributed by atoms with Crippen LogP contribution in [-0.2, 0) is 0 Å². The van der Waals surface area contributed by atoms with Crippen molar-refractivity contribution in [3.63, 3.8) is 0 Å². The predicted octanol–water partition coefficient (Wildman–Crippen LogP) is 15.6. The lowest BCUT2D eigenvalue weighted by atomic mass is 10.00. The number of benzene rings is 9. The largest absolute Gasteiger partial charge is 0.310 e. The number of rotatable bonds is 9. The minimum absolute atomic E-state index is 1.08. The maximum absolute atomic E-state index is 2.39. The van der Waals surface area contributed by atoms with Gasteiger partial charge in [-0.2, -0.15) is 0 Å². The van der Waals surface area contributed by atoms with Crippen molar-refractivity contribution in [2.24, 2.45) is 0 Å². The summed E-state index contributed by atoms with van der Waals surface area (Å²) < 4.78 is 0. The van der Waals surface area contributed by atoms with E-state index in [-0.39, 0.29) is 0 Å². The van der Waals surface area contributed by atoms with Crippen LogP contribution >= 0.6 is 10.0 Å². The van der Waals surface area contributed by atoms with Gasteiger partial charge in [-0.3, -0.25) is 0 Å². The molecule has 272 valence electrons. The van der Waals surface area contributed by atoms with Gasteiger partial charge in [-0.15, -0.1) is 10.0 Å². The van der Waals surface area contributed by atoms with E-state index < -0.39 is 10.0 Å². The van der Waals surface area contributed by atoms with Crippen LogP contribution in [-0.4, -0.2) is 0 Å². The first kappa shape index (κ1) is 34.4. The van der Waals surface area contributed by atoms with Gasteiger partial charge in [0.1, 0.15) is 0 Å². The number of fused-ring (bicyclic) bond motifs is 3. The molecule has 3 heteroatoms. The molecular weight excluding hydrogens is 709 g/mol. The van der Waals surface area contributed by atoms with E-state index in [2.05, 4.69) is 252 Å². The number of hydrogen-bond donors (Lipinski definition) is 0. The third-order valence-corrected chi connectivity index (χ3v) is 14.9. The smallest absolute Gasteiger partial charge is 0.0560 e. The standard InChI is InChI=1S/C54H40N2S/c1-6-20-42(21-7-1)55(43-22-8-2-9-23-43)46-36-39-49(52(40-46)56(44-24-10-3-11-25-44)45-26-12-4-13-27-45)41-34-37-48(38-35-41)57(47-28-14-5-15-29-47)53-32-18-16-30-50(53)51-31-17-19-33-54(51)57/h1-40H. The van der Waals surface area contributed by atoms with Gasteiger partial charge in [-0.1, -0.05) is 146 Å². The predicted molar refractivity (Wildman–Crippen MR) is 240 cm³/mol. The summed E-state index contributed by atoms with van der Waals surface area (Å²) in [7, 11) is -1.74. The topological polar surface area (TPSA) is 6.48 Å². The molecule has 0 unspecified atom stereocenters. The Balaban J connectivity index is 1.19. The van der Waals surface area contributed by atoms with Crippen molar-refractivity contribution >= 4 is 44.2 Å². The molecule has 0 fully saturated rings. The van der Waals surface area contributed by atoms with Crippen LogP contribution in [0.4, 0.5) is 34.1 Å². The lowest BCUT2D eigenvalue weighted by Crippen LogP contribution is -2.14. The van der Waals surface area contributed by atoms with Crippen LogP contribution in [0.2, 0.25) is 0 Å². The second kappa shape index (κ2) is 14.9. The van der Waals surface area contributed by atoms with E-state index in [4.69, 9.17) is 0 Å². The van der Waals surface area contributed by atoms with Gasteiger partial charge >= 0.3 is 0 Å². The number of anilines is 6. The van der Waals surface area contributed by atoms with Crippen molar-refractivity contribution in [2.75, 3.05) is 9.80 Å². The minimum Gasteiger partial charge on any atom is -0.310 e. The Kier molecular flexibility index (Phi) is 8.98. The van der Waals surface area contributed by atoms with Crippen molar-refractivity contribution in [1.82, 2.24) is 0 Å². The Bertz CT molecular complexity index is 2650. The van der Waals surface area contributed by atoms with Gasteiger partial charge in [-0.05, 0) is 114 Å². The molecule has 2 nitrogen and oxygen atoms in total. The summed E-state index contributed by atoms with van der Waals surface area (Å²) in [6, 6.07) is 88.3. The van der Waals surface area contributed by atoms with Gasteiger partial charge in [0.05, 0.1) is 5.69 Å². The van der Waals surface area contributed by atoms with E-state index >= 15 is 0 Å². The fraction of sp³-hybridized carbons (Fsp3) is 0. The van der Waals surface area contributed by atoms with Crippen LogP contribution < -0.4 is 9.80 Å². The van der Waals surface area contributed by atoms with Crippen LogP contribution in [0.25, 0.3) is 22.3 Å². The average molecular weight is 749 g/mol. The van der Waals surface area contributed by atoms with Crippen molar-refractivity contribution < 1.29 is 0 Å². The molecule has 10 rings (SSSR count).